The summed E-state index contributed by atoms with van der Waals surface area (Å²) in [5.41, 5.74) is 2.36. The van der Waals surface area contributed by atoms with Gasteiger partial charge in [-0.15, -0.1) is 12.4 Å². The van der Waals surface area contributed by atoms with Crippen molar-refractivity contribution in [3.63, 3.8) is 0 Å². The van der Waals surface area contributed by atoms with E-state index in [9.17, 15) is 4.79 Å². The Morgan fingerprint density at radius 1 is 0.926 bits per heavy atom. The number of benzene rings is 2. The zero-order chi connectivity index (χ0) is 18.2. The molecule has 0 spiro atoms. The quantitative estimate of drug-likeness (QED) is 0.632. The van der Waals surface area contributed by atoms with Crippen molar-refractivity contribution in [3.8, 4) is 0 Å². The molecule has 144 valence electrons. The van der Waals surface area contributed by atoms with Crippen LogP contribution in [0.15, 0.2) is 60.7 Å². The summed E-state index contributed by atoms with van der Waals surface area (Å²) in [7, 11) is 0. The summed E-state index contributed by atoms with van der Waals surface area (Å²) in [5, 5.41) is 0.708. The number of halogens is 2. The van der Waals surface area contributed by atoms with Gasteiger partial charge < -0.3 is 4.90 Å². The molecule has 0 unspecified atom stereocenters. The van der Waals surface area contributed by atoms with Crippen molar-refractivity contribution in [2.45, 2.75) is 13.0 Å². The summed E-state index contributed by atoms with van der Waals surface area (Å²) >= 11 is 5.87. The van der Waals surface area contributed by atoms with Crippen LogP contribution in [0.25, 0.3) is 6.08 Å². The molecule has 27 heavy (non-hydrogen) atoms. The Hall–Kier alpha value is -1.65. The van der Waals surface area contributed by atoms with E-state index >= 15 is 0 Å². The first kappa shape index (κ1) is 21.6. The number of allylic oxidation sites excluding steroid dienone is 1. The summed E-state index contributed by atoms with van der Waals surface area (Å²) < 4.78 is 0. The van der Waals surface area contributed by atoms with Crippen LogP contribution in [0.1, 0.15) is 17.5 Å². The minimum Gasteiger partial charge on any atom is -0.300 e. The first-order valence-corrected chi connectivity index (χ1v) is 9.52. The van der Waals surface area contributed by atoms with E-state index in [1.807, 2.05) is 30.3 Å². The number of nitrogens with zero attached hydrogens (tertiary/aromatic N) is 2. The van der Waals surface area contributed by atoms with Crippen molar-refractivity contribution in [2.24, 2.45) is 0 Å². The van der Waals surface area contributed by atoms with Crippen molar-refractivity contribution >= 4 is 35.9 Å². The standard InChI is InChI=1S/C22H25ClN2O.ClH/c23-21-9-6-19(7-10-21)8-11-22(26)12-13-24-14-16-25(17-15-24)18-20-4-2-1-3-5-20;/h1-11H,12-18H2;1H. The van der Waals surface area contributed by atoms with Crippen LogP contribution >= 0.6 is 24.0 Å². The molecule has 3 rings (SSSR count). The van der Waals surface area contributed by atoms with Crippen LogP contribution < -0.4 is 0 Å². The van der Waals surface area contributed by atoms with Crippen molar-refractivity contribution in [3.05, 3.63) is 76.8 Å². The summed E-state index contributed by atoms with van der Waals surface area (Å²) in [6.45, 7) is 6.02. The minimum atomic E-state index is 0. The molecule has 0 aromatic heterocycles. The van der Waals surface area contributed by atoms with Gasteiger partial charge in [0.25, 0.3) is 0 Å². The molecule has 2 aromatic rings. The Bertz CT molecular complexity index is 724. The van der Waals surface area contributed by atoms with Crippen LogP contribution in [0.5, 0.6) is 0 Å². The van der Waals surface area contributed by atoms with Gasteiger partial charge in [0.05, 0.1) is 0 Å². The van der Waals surface area contributed by atoms with Gasteiger partial charge >= 0.3 is 0 Å². The second kappa shape index (κ2) is 11.3. The number of hydrogen-bond donors (Lipinski definition) is 0. The molecule has 2 aromatic carbocycles. The highest BCUT2D eigenvalue weighted by Gasteiger charge is 2.17. The van der Waals surface area contributed by atoms with Crippen LogP contribution in [0.3, 0.4) is 0 Å². The number of hydrogen-bond acceptors (Lipinski definition) is 3. The minimum absolute atomic E-state index is 0. The van der Waals surface area contributed by atoms with Crippen LogP contribution in [0.4, 0.5) is 0 Å². The molecule has 0 N–H and O–H groups in total. The van der Waals surface area contributed by atoms with E-state index in [-0.39, 0.29) is 18.2 Å². The predicted octanol–water partition coefficient (Wildman–Crippen LogP) is 4.55. The fraction of sp³-hybridized carbons (Fsp3) is 0.318. The molecule has 1 fully saturated rings. The molecule has 1 aliphatic heterocycles. The van der Waals surface area contributed by atoms with Crippen LogP contribution in [-0.4, -0.2) is 48.3 Å². The molecule has 0 saturated carbocycles. The SMILES string of the molecule is Cl.O=C(C=Cc1ccc(Cl)cc1)CCN1CCN(Cc2ccccc2)CC1. The third kappa shape index (κ3) is 7.47. The van der Waals surface area contributed by atoms with Crippen molar-refractivity contribution < 1.29 is 4.79 Å². The van der Waals surface area contributed by atoms with E-state index in [1.54, 1.807) is 6.08 Å². The lowest BCUT2D eigenvalue weighted by molar-refractivity contribution is -0.114. The fourth-order valence-corrected chi connectivity index (χ4v) is 3.25. The second-order valence-electron chi connectivity index (χ2n) is 6.70. The number of rotatable bonds is 7. The van der Waals surface area contributed by atoms with Gasteiger partial charge in [-0.3, -0.25) is 9.69 Å². The number of piperazine rings is 1. The maximum Gasteiger partial charge on any atom is 0.156 e. The highest BCUT2D eigenvalue weighted by molar-refractivity contribution is 6.30. The van der Waals surface area contributed by atoms with Crippen molar-refractivity contribution in [1.29, 1.82) is 0 Å². The topological polar surface area (TPSA) is 23.6 Å². The molecule has 1 saturated heterocycles. The van der Waals surface area contributed by atoms with Crippen molar-refractivity contribution in [2.75, 3.05) is 32.7 Å². The van der Waals surface area contributed by atoms with E-state index in [4.69, 9.17) is 11.6 Å². The Labute approximate surface area is 173 Å². The molecule has 3 nitrogen and oxygen atoms in total. The summed E-state index contributed by atoms with van der Waals surface area (Å²) in [6, 6.07) is 18.1. The van der Waals surface area contributed by atoms with E-state index in [1.165, 1.54) is 5.56 Å². The fourth-order valence-electron chi connectivity index (χ4n) is 3.13. The molecule has 0 amide bonds. The highest BCUT2D eigenvalue weighted by atomic mass is 35.5. The smallest absolute Gasteiger partial charge is 0.156 e. The lowest BCUT2D eigenvalue weighted by Gasteiger charge is -2.34. The Balaban J connectivity index is 0.00000261. The largest absolute Gasteiger partial charge is 0.300 e. The maximum atomic E-state index is 12.1. The van der Waals surface area contributed by atoms with Gasteiger partial charge in [-0.05, 0) is 29.3 Å². The van der Waals surface area contributed by atoms with Gasteiger partial charge in [0.2, 0.25) is 0 Å². The van der Waals surface area contributed by atoms with Gasteiger partial charge in [0.15, 0.2) is 5.78 Å². The molecule has 1 aliphatic rings. The third-order valence-electron chi connectivity index (χ3n) is 4.72. The lowest BCUT2D eigenvalue weighted by atomic mass is 10.1. The Morgan fingerprint density at radius 3 is 2.22 bits per heavy atom. The molecular weight excluding hydrogens is 379 g/mol. The molecular formula is C22H26Cl2N2O. The Morgan fingerprint density at radius 2 is 1.56 bits per heavy atom. The predicted molar refractivity (Wildman–Crippen MR) is 116 cm³/mol. The van der Waals surface area contributed by atoms with Gasteiger partial charge in [0, 0.05) is 50.7 Å². The zero-order valence-corrected chi connectivity index (χ0v) is 17.0. The van der Waals surface area contributed by atoms with Gasteiger partial charge in [-0.2, -0.15) is 0 Å². The molecule has 0 bridgehead atoms. The summed E-state index contributed by atoms with van der Waals surface area (Å²) in [4.78, 5) is 16.9. The first-order valence-electron chi connectivity index (χ1n) is 9.14. The molecule has 0 atom stereocenters. The normalized spacial score (nSPS) is 15.6. The van der Waals surface area contributed by atoms with Crippen LogP contribution in [0, 0.1) is 0 Å². The summed E-state index contributed by atoms with van der Waals surface area (Å²) in [5.74, 6) is 0.173. The van der Waals surface area contributed by atoms with E-state index < -0.39 is 0 Å². The van der Waals surface area contributed by atoms with E-state index in [0.717, 1.165) is 44.8 Å². The molecule has 1 heterocycles. The number of ketones is 1. The van der Waals surface area contributed by atoms with Gasteiger partial charge in [-0.1, -0.05) is 60.1 Å². The molecule has 5 heteroatoms. The first-order chi connectivity index (χ1) is 12.7. The third-order valence-corrected chi connectivity index (χ3v) is 4.97. The molecule has 0 radical (unpaired) electrons. The van der Waals surface area contributed by atoms with Crippen LogP contribution in [-0.2, 0) is 11.3 Å². The van der Waals surface area contributed by atoms with Crippen LogP contribution in [0.2, 0.25) is 5.02 Å². The van der Waals surface area contributed by atoms with Crippen molar-refractivity contribution in [1.82, 2.24) is 9.80 Å². The monoisotopic (exact) mass is 404 g/mol. The Kier molecular flexibility index (Phi) is 9.02. The van der Waals surface area contributed by atoms with Gasteiger partial charge in [0.1, 0.15) is 0 Å². The lowest BCUT2D eigenvalue weighted by Crippen LogP contribution is -2.46. The highest BCUT2D eigenvalue weighted by Crippen LogP contribution is 2.11. The average Bonchev–Trinajstić information content (AvgIpc) is 2.68. The summed E-state index contributed by atoms with van der Waals surface area (Å²) in [6.07, 6.45) is 4.11. The van der Waals surface area contributed by atoms with Gasteiger partial charge in [-0.25, -0.2) is 0 Å². The van der Waals surface area contributed by atoms with E-state index in [0.29, 0.717) is 11.4 Å². The maximum absolute atomic E-state index is 12.1. The van der Waals surface area contributed by atoms with E-state index in [2.05, 4.69) is 40.1 Å². The zero-order valence-electron chi connectivity index (χ0n) is 15.4. The molecule has 0 aliphatic carbocycles. The second-order valence-corrected chi connectivity index (χ2v) is 7.14. The number of carbonyl (C=O) groups excluding carboxylic acids is 1. The number of carbonyl (C=O) groups is 1. The average molecular weight is 405 g/mol.